The van der Waals surface area contributed by atoms with Crippen LogP contribution in [0.15, 0.2) is 36.4 Å². The van der Waals surface area contributed by atoms with Crippen molar-refractivity contribution in [3.05, 3.63) is 58.1 Å². The normalized spacial score (nSPS) is 10.4. The van der Waals surface area contributed by atoms with E-state index in [9.17, 15) is 4.79 Å². The molecule has 0 fully saturated rings. The first-order valence-corrected chi connectivity index (χ1v) is 7.70. The molecule has 2 N–H and O–H groups in total. The van der Waals surface area contributed by atoms with Crippen molar-refractivity contribution in [2.24, 2.45) is 0 Å². The Bertz CT molecular complexity index is 663. The van der Waals surface area contributed by atoms with Gasteiger partial charge in [-0.15, -0.1) is 0 Å². The number of aryl methyl sites for hydroxylation is 3. The first kappa shape index (κ1) is 16.4. The molecule has 3 nitrogen and oxygen atoms in total. The van der Waals surface area contributed by atoms with Crippen LogP contribution >= 0.6 is 11.6 Å². The summed E-state index contributed by atoms with van der Waals surface area (Å²) in [4.78, 5) is 12.0. The van der Waals surface area contributed by atoms with Crippen molar-refractivity contribution in [3.63, 3.8) is 0 Å². The Labute approximate surface area is 136 Å². The van der Waals surface area contributed by atoms with Gasteiger partial charge in [0.05, 0.1) is 0 Å². The van der Waals surface area contributed by atoms with Crippen LogP contribution in [0.5, 0.6) is 0 Å². The highest BCUT2D eigenvalue weighted by molar-refractivity contribution is 6.30. The molecule has 0 heterocycles. The average Bonchev–Trinajstić information content (AvgIpc) is 2.40. The summed E-state index contributed by atoms with van der Waals surface area (Å²) in [5.41, 5.74) is 5.21. The van der Waals surface area contributed by atoms with E-state index < -0.39 is 0 Å². The molecular weight excluding hydrogens is 296 g/mol. The molecule has 4 heteroatoms. The number of benzene rings is 2. The Morgan fingerprint density at radius 1 is 1.05 bits per heavy atom. The lowest BCUT2D eigenvalue weighted by Gasteiger charge is -2.11. The number of amides is 1. The molecule has 0 saturated heterocycles. The third kappa shape index (κ3) is 4.78. The van der Waals surface area contributed by atoms with Crippen molar-refractivity contribution < 1.29 is 4.79 Å². The number of nitrogens with one attached hydrogen (secondary N) is 2. The summed E-state index contributed by atoms with van der Waals surface area (Å²) in [6, 6.07) is 11.7. The number of carbonyl (C=O) groups is 1. The minimum absolute atomic E-state index is 0.00381. The molecule has 0 bridgehead atoms. The summed E-state index contributed by atoms with van der Waals surface area (Å²) in [5.74, 6) is 0.00381. The van der Waals surface area contributed by atoms with E-state index in [1.165, 1.54) is 0 Å². The van der Waals surface area contributed by atoms with Gasteiger partial charge >= 0.3 is 0 Å². The van der Waals surface area contributed by atoms with E-state index in [1.54, 1.807) is 0 Å². The minimum Gasteiger partial charge on any atom is -0.384 e. The fraction of sp³-hybridized carbons (Fsp3) is 0.278. The zero-order valence-corrected chi connectivity index (χ0v) is 13.9. The molecule has 0 radical (unpaired) electrons. The van der Waals surface area contributed by atoms with Gasteiger partial charge in [0.15, 0.2) is 0 Å². The summed E-state index contributed by atoms with van der Waals surface area (Å²) in [6.45, 7) is 6.62. The van der Waals surface area contributed by atoms with Gasteiger partial charge in [0, 0.05) is 29.4 Å². The van der Waals surface area contributed by atoms with Gasteiger partial charge in [0.25, 0.3) is 0 Å². The van der Waals surface area contributed by atoms with E-state index in [4.69, 9.17) is 11.6 Å². The molecule has 0 spiro atoms. The Kier molecular flexibility index (Phi) is 5.45. The van der Waals surface area contributed by atoms with Crippen LogP contribution in [-0.4, -0.2) is 12.5 Å². The van der Waals surface area contributed by atoms with Crippen molar-refractivity contribution >= 4 is 28.9 Å². The highest BCUT2D eigenvalue weighted by Gasteiger charge is 2.04. The number of hydrogen-bond acceptors (Lipinski definition) is 2. The van der Waals surface area contributed by atoms with Gasteiger partial charge in [-0.1, -0.05) is 17.7 Å². The zero-order chi connectivity index (χ0) is 16.1. The standard InChI is InChI=1S/C18H21ClN2O/c1-12-8-13(2)10-16(9-12)21-18(22)6-7-20-17-5-4-15(19)11-14(17)3/h4-5,8-11,20H,6-7H2,1-3H3,(H,21,22). The first-order valence-electron chi connectivity index (χ1n) is 7.32. The second-order valence-corrected chi connectivity index (χ2v) is 6.00. The van der Waals surface area contributed by atoms with Crippen LogP contribution in [0.4, 0.5) is 11.4 Å². The quantitative estimate of drug-likeness (QED) is 0.839. The Balaban J connectivity index is 1.85. The number of hydrogen-bond donors (Lipinski definition) is 2. The molecule has 0 aliphatic rings. The van der Waals surface area contributed by atoms with Gasteiger partial charge in [0.2, 0.25) is 5.91 Å². The smallest absolute Gasteiger partial charge is 0.226 e. The van der Waals surface area contributed by atoms with Crippen LogP contribution in [0.1, 0.15) is 23.1 Å². The third-order valence-electron chi connectivity index (χ3n) is 3.36. The molecule has 0 atom stereocenters. The van der Waals surface area contributed by atoms with E-state index >= 15 is 0 Å². The second-order valence-electron chi connectivity index (χ2n) is 5.56. The fourth-order valence-electron chi connectivity index (χ4n) is 2.41. The van der Waals surface area contributed by atoms with Crippen molar-refractivity contribution in [2.45, 2.75) is 27.2 Å². The summed E-state index contributed by atoms with van der Waals surface area (Å²) in [7, 11) is 0. The molecule has 0 saturated carbocycles. The molecule has 0 aliphatic heterocycles. The zero-order valence-electron chi connectivity index (χ0n) is 13.2. The number of carbonyl (C=O) groups excluding carboxylic acids is 1. The predicted molar refractivity (Wildman–Crippen MR) is 93.8 cm³/mol. The second kappa shape index (κ2) is 7.32. The molecular formula is C18H21ClN2O. The van der Waals surface area contributed by atoms with Crippen molar-refractivity contribution in [1.82, 2.24) is 0 Å². The van der Waals surface area contributed by atoms with Gasteiger partial charge < -0.3 is 10.6 Å². The van der Waals surface area contributed by atoms with Crippen LogP contribution in [0, 0.1) is 20.8 Å². The molecule has 2 aromatic rings. The molecule has 2 aromatic carbocycles. The Hall–Kier alpha value is -2.00. The average molecular weight is 317 g/mol. The molecule has 116 valence electrons. The number of rotatable bonds is 5. The summed E-state index contributed by atoms with van der Waals surface area (Å²) < 4.78 is 0. The molecule has 1 amide bonds. The van der Waals surface area contributed by atoms with Gasteiger partial charge in [-0.25, -0.2) is 0 Å². The van der Waals surface area contributed by atoms with E-state index in [0.717, 1.165) is 33.1 Å². The summed E-state index contributed by atoms with van der Waals surface area (Å²) in [5, 5.41) is 6.91. The minimum atomic E-state index is 0.00381. The topological polar surface area (TPSA) is 41.1 Å². The van der Waals surface area contributed by atoms with Crippen molar-refractivity contribution in [3.8, 4) is 0 Å². The number of halogens is 1. The van der Waals surface area contributed by atoms with Crippen LogP contribution in [0.2, 0.25) is 5.02 Å². The van der Waals surface area contributed by atoms with Crippen LogP contribution in [0.3, 0.4) is 0 Å². The Morgan fingerprint density at radius 2 is 1.73 bits per heavy atom. The maximum atomic E-state index is 12.0. The predicted octanol–water partition coefficient (Wildman–Crippen LogP) is 4.71. The Morgan fingerprint density at radius 3 is 2.36 bits per heavy atom. The lowest BCUT2D eigenvalue weighted by atomic mass is 10.1. The van der Waals surface area contributed by atoms with E-state index in [-0.39, 0.29) is 5.91 Å². The van der Waals surface area contributed by atoms with Gasteiger partial charge in [-0.2, -0.15) is 0 Å². The molecule has 2 rings (SSSR count). The summed E-state index contributed by atoms with van der Waals surface area (Å²) in [6.07, 6.45) is 0.412. The first-order chi connectivity index (χ1) is 10.4. The molecule has 22 heavy (non-hydrogen) atoms. The monoisotopic (exact) mass is 316 g/mol. The lowest BCUT2D eigenvalue weighted by molar-refractivity contribution is -0.115. The lowest BCUT2D eigenvalue weighted by Crippen LogP contribution is -2.16. The number of anilines is 2. The fourth-order valence-corrected chi connectivity index (χ4v) is 2.63. The largest absolute Gasteiger partial charge is 0.384 e. The molecule has 0 aliphatic carbocycles. The van der Waals surface area contributed by atoms with Crippen molar-refractivity contribution in [1.29, 1.82) is 0 Å². The maximum absolute atomic E-state index is 12.0. The van der Waals surface area contributed by atoms with Crippen LogP contribution in [0.25, 0.3) is 0 Å². The molecule has 0 aromatic heterocycles. The van der Waals surface area contributed by atoms with E-state index in [2.05, 4.69) is 16.7 Å². The van der Waals surface area contributed by atoms with Gasteiger partial charge in [0.1, 0.15) is 0 Å². The molecule has 0 unspecified atom stereocenters. The summed E-state index contributed by atoms with van der Waals surface area (Å²) >= 11 is 5.93. The highest BCUT2D eigenvalue weighted by atomic mass is 35.5. The SMILES string of the molecule is Cc1cc(C)cc(NC(=O)CCNc2ccc(Cl)cc2C)c1. The van der Waals surface area contributed by atoms with Gasteiger partial charge in [-0.3, -0.25) is 4.79 Å². The van der Waals surface area contributed by atoms with E-state index in [0.29, 0.717) is 13.0 Å². The van der Waals surface area contributed by atoms with Gasteiger partial charge in [-0.05, 0) is 67.8 Å². The van der Waals surface area contributed by atoms with Crippen molar-refractivity contribution in [2.75, 3.05) is 17.2 Å². The van der Waals surface area contributed by atoms with E-state index in [1.807, 2.05) is 51.1 Å². The highest BCUT2D eigenvalue weighted by Crippen LogP contribution is 2.19. The van der Waals surface area contributed by atoms with Crippen LogP contribution in [-0.2, 0) is 4.79 Å². The maximum Gasteiger partial charge on any atom is 0.226 e. The van der Waals surface area contributed by atoms with Crippen LogP contribution < -0.4 is 10.6 Å². The third-order valence-corrected chi connectivity index (χ3v) is 3.60.